The largest absolute Gasteiger partial charge is 0.394 e. The molecule has 1 aromatic heterocycles. The number of aliphatic hydroxyl groups excluding tert-OH is 1. The summed E-state index contributed by atoms with van der Waals surface area (Å²) in [5.74, 6) is 1.18. The zero-order chi connectivity index (χ0) is 15.3. The molecule has 0 spiro atoms. The third kappa shape index (κ3) is 4.21. The summed E-state index contributed by atoms with van der Waals surface area (Å²) in [7, 11) is -3.56. The van der Waals surface area contributed by atoms with E-state index in [1.807, 2.05) is 13.2 Å². The highest BCUT2D eigenvalue weighted by atomic mass is 32.2. The minimum atomic E-state index is -3.56. The van der Waals surface area contributed by atoms with Crippen molar-refractivity contribution in [1.82, 2.24) is 14.5 Å². The lowest BCUT2D eigenvalue weighted by atomic mass is 10.2. The molecule has 1 rings (SSSR count). The van der Waals surface area contributed by atoms with Gasteiger partial charge >= 0.3 is 0 Å². The highest BCUT2D eigenvalue weighted by Crippen LogP contribution is 2.19. The first-order valence-electron chi connectivity index (χ1n) is 6.47. The van der Waals surface area contributed by atoms with Crippen LogP contribution in [0.15, 0.2) is 4.90 Å². The molecule has 6 nitrogen and oxygen atoms in total. The van der Waals surface area contributed by atoms with Crippen molar-refractivity contribution in [3.8, 4) is 0 Å². The number of aryl methyl sites for hydroxylation is 1. The van der Waals surface area contributed by atoms with E-state index >= 15 is 0 Å². The highest BCUT2D eigenvalue weighted by molar-refractivity contribution is 7.98. The minimum Gasteiger partial charge on any atom is -0.394 e. The molecule has 0 aromatic carbocycles. The van der Waals surface area contributed by atoms with Crippen LogP contribution in [0.5, 0.6) is 0 Å². The van der Waals surface area contributed by atoms with Gasteiger partial charge in [0.2, 0.25) is 10.0 Å². The lowest BCUT2D eigenvalue weighted by Gasteiger charge is -2.12. The molecule has 0 amide bonds. The second kappa shape index (κ2) is 7.44. The van der Waals surface area contributed by atoms with Gasteiger partial charge in [0.25, 0.3) is 0 Å². The molecule has 0 radical (unpaired) electrons. The molecule has 2 N–H and O–H groups in total. The monoisotopic (exact) mass is 321 g/mol. The Bertz CT molecular complexity index is 540. The molecule has 1 atom stereocenters. The van der Waals surface area contributed by atoms with E-state index in [1.165, 1.54) is 4.68 Å². The van der Waals surface area contributed by atoms with Crippen molar-refractivity contribution >= 4 is 21.8 Å². The van der Waals surface area contributed by atoms with E-state index in [-0.39, 0.29) is 17.4 Å². The van der Waals surface area contributed by atoms with Crippen LogP contribution in [0, 0.1) is 19.8 Å². The molecule has 0 saturated carbocycles. The van der Waals surface area contributed by atoms with Crippen LogP contribution >= 0.6 is 11.8 Å². The Morgan fingerprint density at radius 1 is 1.45 bits per heavy atom. The van der Waals surface area contributed by atoms with Crippen LogP contribution in [0.4, 0.5) is 0 Å². The second-order valence-electron chi connectivity index (χ2n) is 4.86. The molecular weight excluding hydrogens is 298 g/mol. The van der Waals surface area contributed by atoms with Crippen molar-refractivity contribution in [3.05, 3.63) is 11.4 Å². The maximum atomic E-state index is 12.4. The van der Waals surface area contributed by atoms with Gasteiger partial charge in [-0.15, -0.1) is 0 Å². The van der Waals surface area contributed by atoms with Gasteiger partial charge in [-0.1, -0.05) is 6.92 Å². The van der Waals surface area contributed by atoms with Gasteiger partial charge in [-0.2, -0.15) is 16.9 Å². The molecule has 0 aliphatic heterocycles. The first-order chi connectivity index (χ1) is 9.33. The molecule has 20 heavy (non-hydrogen) atoms. The highest BCUT2D eigenvalue weighted by Gasteiger charge is 2.24. The fraction of sp³-hybridized carbons (Fsp3) is 0.750. The zero-order valence-electron chi connectivity index (χ0n) is 12.4. The van der Waals surface area contributed by atoms with Crippen molar-refractivity contribution in [2.45, 2.75) is 32.2 Å². The van der Waals surface area contributed by atoms with Crippen LogP contribution in [0.1, 0.15) is 18.3 Å². The fourth-order valence-electron chi connectivity index (χ4n) is 2.05. The summed E-state index contributed by atoms with van der Waals surface area (Å²) in [5.41, 5.74) is 1.02. The lowest BCUT2D eigenvalue weighted by Crippen LogP contribution is -2.30. The SMILES string of the molecule is CSCC(C)CNS(=O)(=O)c1c(C)nn(CCO)c1C. The number of aromatic nitrogens is 2. The summed E-state index contributed by atoms with van der Waals surface area (Å²) in [6.07, 6.45) is 2.00. The van der Waals surface area contributed by atoms with E-state index in [4.69, 9.17) is 5.11 Å². The van der Waals surface area contributed by atoms with Gasteiger partial charge < -0.3 is 5.11 Å². The molecule has 1 aromatic rings. The summed E-state index contributed by atoms with van der Waals surface area (Å²) < 4.78 is 28.9. The van der Waals surface area contributed by atoms with Gasteiger partial charge in [-0.25, -0.2) is 13.1 Å². The fourth-order valence-corrected chi connectivity index (χ4v) is 4.31. The molecule has 0 aliphatic carbocycles. The van der Waals surface area contributed by atoms with E-state index in [0.29, 0.717) is 24.5 Å². The lowest BCUT2D eigenvalue weighted by molar-refractivity contribution is 0.267. The summed E-state index contributed by atoms with van der Waals surface area (Å²) in [6, 6.07) is 0. The average molecular weight is 321 g/mol. The van der Waals surface area contributed by atoms with Crippen LogP contribution in [0.3, 0.4) is 0 Å². The maximum Gasteiger partial charge on any atom is 0.244 e. The Balaban J connectivity index is 2.92. The van der Waals surface area contributed by atoms with E-state index in [9.17, 15) is 8.42 Å². The standard InChI is InChI=1S/C12H23N3O3S2/c1-9(8-19-4)7-13-20(17,18)12-10(2)14-15(5-6-16)11(12)3/h9,13,16H,5-8H2,1-4H3. The summed E-state index contributed by atoms with van der Waals surface area (Å²) in [6.45, 7) is 6.02. The third-order valence-electron chi connectivity index (χ3n) is 2.97. The van der Waals surface area contributed by atoms with Gasteiger partial charge in [0.05, 0.1) is 24.5 Å². The Kier molecular flexibility index (Phi) is 6.50. The van der Waals surface area contributed by atoms with E-state index in [1.54, 1.807) is 25.6 Å². The third-order valence-corrected chi connectivity index (χ3v) is 5.55. The number of hydrogen-bond acceptors (Lipinski definition) is 5. The first-order valence-corrected chi connectivity index (χ1v) is 9.34. The molecule has 0 saturated heterocycles. The van der Waals surface area contributed by atoms with Crippen LogP contribution < -0.4 is 4.72 Å². The summed E-state index contributed by atoms with van der Waals surface area (Å²) in [5, 5.41) is 13.1. The zero-order valence-corrected chi connectivity index (χ0v) is 14.0. The van der Waals surface area contributed by atoms with Gasteiger partial charge in [0.15, 0.2) is 0 Å². The molecule has 8 heteroatoms. The van der Waals surface area contributed by atoms with E-state index in [2.05, 4.69) is 9.82 Å². The Labute approximate surface area is 125 Å². The smallest absolute Gasteiger partial charge is 0.244 e. The van der Waals surface area contributed by atoms with E-state index < -0.39 is 10.0 Å². The minimum absolute atomic E-state index is 0.0698. The number of nitrogens with zero attached hydrogens (tertiary/aromatic N) is 2. The second-order valence-corrected chi connectivity index (χ2v) is 7.47. The molecule has 0 fully saturated rings. The maximum absolute atomic E-state index is 12.4. The number of sulfonamides is 1. The van der Waals surface area contributed by atoms with Crippen LogP contribution in [0.2, 0.25) is 0 Å². The predicted octanol–water partition coefficient (Wildman–Crippen LogP) is 0.770. The van der Waals surface area contributed by atoms with Gasteiger partial charge in [0, 0.05) is 6.54 Å². The molecule has 0 bridgehead atoms. The van der Waals surface area contributed by atoms with Crippen molar-refractivity contribution < 1.29 is 13.5 Å². The molecule has 0 aliphatic rings. The normalized spacial score (nSPS) is 13.7. The average Bonchev–Trinajstić information content (AvgIpc) is 2.64. The Morgan fingerprint density at radius 3 is 2.65 bits per heavy atom. The summed E-state index contributed by atoms with van der Waals surface area (Å²) >= 11 is 1.69. The van der Waals surface area contributed by atoms with Crippen molar-refractivity contribution in [3.63, 3.8) is 0 Å². The molecule has 1 heterocycles. The van der Waals surface area contributed by atoms with Crippen LogP contribution in [0.25, 0.3) is 0 Å². The number of nitrogens with one attached hydrogen (secondary N) is 1. The van der Waals surface area contributed by atoms with Gasteiger partial charge in [-0.3, -0.25) is 4.68 Å². The number of rotatable bonds is 8. The summed E-state index contributed by atoms with van der Waals surface area (Å²) in [4.78, 5) is 0.224. The Hall–Kier alpha value is -0.570. The van der Waals surface area contributed by atoms with Crippen LogP contribution in [-0.4, -0.2) is 48.5 Å². The van der Waals surface area contributed by atoms with Crippen molar-refractivity contribution in [1.29, 1.82) is 0 Å². The van der Waals surface area contributed by atoms with Gasteiger partial charge in [-0.05, 0) is 31.8 Å². The van der Waals surface area contributed by atoms with E-state index in [0.717, 1.165) is 5.75 Å². The quantitative estimate of drug-likeness (QED) is 0.739. The number of hydrogen-bond donors (Lipinski definition) is 2. The van der Waals surface area contributed by atoms with Crippen molar-refractivity contribution in [2.75, 3.05) is 25.2 Å². The Morgan fingerprint density at radius 2 is 2.10 bits per heavy atom. The number of aliphatic hydroxyl groups is 1. The molecule has 116 valence electrons. The number of thioether (sulfide) groups is 1. The molecule has 1 unspecified atom stereocenters. The van der Waals surface area contributed by atoms with Gasteiger partial charge in [0.1, 0.15) is 4.90 Å². The molecular formula is C12H23N3O3S2. The first kappa shape index (κ1) is 17.5. The van der Waals surface area contributed by atoms with Crippen molar-refractivity contribution in [2.24, 2.45) is 5.92 Å². The van der Waals surface area contributed by atoms with Crippen LogP contribution in [-0.2, 0) is 16.6 Å². The topological polar surface area (TPSA) is 84.2 Å². The predicted molar refractivity (Wildman–Crippen MR) is 81.5 cm³/mol.